The number of ether oxygens (including phenoxy) is 1. The van der Waals surface area contributed by atoms with Crippen molar-refractivity contribution in [3.63, 3.8) is 0 Å². The van der Waals surface area contributed by atoms with Gasteiger partial charge in [-0.2, -0.15) is 0 Å². The van der Waals surface area contributed by atoms with E-state index in [1.807, 2.05) is 12.1 Å². The van der Waals surface area contributed by atoms with Crippen LogP contribution in [-0.2, 0) is 0 Å². The fraction of sp³-hybridized carbons (Fsp3) is 0.200. The van der Waals surface area contributed by atoms with Crippen molar-refractivity contribution in [2.45, 2.75) is 19.8 Å². The van der Waals surface area contributed by atoms with Crippen LogP contribution in [0.25, 0.3) is 10.6 Å². The minimum absolute atomic E-state index is 0.139. The number of rotatable bonds is 6. The Bertz CT molecular complexity index is 1010. The summed E-state index contributed by atoms with van der Waals surface area (Å²) in [5.74, 6) is 0.315. The molecule has 0 aliphatic carbocycles. The van der Waals surface area contributed by atoms with E-state index >= 15 is 0 Å². The number of nitro benzene ring substituents is 1. The van der Waals surface area contributed by atoms with E-state index in [-0.39, 0.29) is 17.1 Å². The smallest absolute Gasteiger partial charge is 0.275 e. The highest BCUT2D eigenvalue weighted by molar-refractivity contribution is 7.13. The number of hydrogen-bond donors (Lipinski definition) is 1. The predicted molar refractivity (Wildman–Crippen MR) is 109 cm³/mol. The van der Waals surface area contributed by atoms with Gasteiger partial charge < -0.3 is 10.1 Å². The van der Waals surface area contributed by atoms with Gasteiger partial charge in [-0.15, -0.1) is 11.3 Å². The number of benzene rings is 2. The molecule has 0 unspecified atom stereocenters. The average Bonchev–Trinajstić information content (AvgIpc) is 3.18. The molecule has 0 aliphatic heterocycles. The van der Waals surface area contributed by atoms with Crippen molar-refractivity contribution in [2.24, 2.45) is 0 Å². The molecule has 144 valence electrons. The Morgan fingerprint density at radius 3 is 2.54 bits per heavy atom. The van der Waals surface area contributed by atoms with E-state index < -0.39 is 10.8 Å². The SMILES string of the molecule is COc1ccc([N+](=O)[O-])cc1NC(=O)c1csc(-c2ccc(C(C)C)cc2)n1. The molecule has 0 aliphatic rings. The van der Waals surface area contributed by atoms with E-state index in [4.69, 9.17) is 4.74 Å². The number of carbonyl (C=O) groups is 1. The standard InChI is InChI=1S/C20H19N3O4S/c1-12(2)13-4-6-14(7-5-13)20-22-17(11-28-20)19(24)21-16-10-15(23(25)26)8-9-18(16)27-3/h4-12H,1-3H3,(H,21,24). The zero-order valence-electron chi connectivity index (χ0n) is 15.6. The van der Waals surface area contributed by atoms with Gasteiger partial charge in [0.1, 0.15) is 16.5 Å². The van der Waals surface area contributed by atoms with Crippen molar-refractivity contribution in [1.29, 1.82) is 0 Å². The van der Waals surface area contributed by atoms with Crippen LogP contribution in [0.4, 0.5) is 11.4 Å². The molecule has 0 saturated carbocycles. The third-order valence-corrected chi connectivity index (χ3v) is 5.09. The van der Waals surface area contributed by atoms with E-state index in [1.165, 1.54) is 42.2 Å². The monoisotopic (exact) mass is 397 g/mol. The van der Waals surface area contributed by atoms with E-state index in [1.54, 1.807) is 5.38 Å². The van der Waals surface area contributed by atoms with Gasteiger partial charge in [-0.25, -0.2) is 4.98 Å². The number of nitrogens with zero attached hydrogens (tertiary/aromatic N) is 2. The summed E-state index contributed by atoms with van der Waals surface area (Å²) < 4.78 is 5.17. The topological polar surface area (TPSA) is 94.4 Å². The number of anilines is 1. The van der Waals surface area contributed by atoms with Crippen LogP contribution in [0.1, 0.15) is 35.8 Å². The number of hydrogen-bond acceptors (Lipinski definition) is 6. The van der Waals surface area contributed by atoms with Gasteiger partial charge in [0.15, 0.2) is 0 Å². The van der Waals surface area contributed by atoms with Crippen molar-refractivity contribution in [2.75, 3.05) is 12.4 Å². The van der Waals surface area contributed by atoms with Gasteiger partial charge >= 0.3 is 0 Å². The van der Waals surface area contributed by atoms with Crippen LogP contribution in [0, 0.1) is 10.1 Å². The highest BCUT2D eigenvalue weighted by Crippen LogP contribution is 2.30. The molecule has 0 fully saturated rings. The van der Waals surface area contributed by atoms with Crippen LogP contribution in [0.2, 0.25) is 0 Å². The summed E-state index contributed by atoms with van der Waals surface area (Å²) in [7, 11) is 1.43. The third-order valence-electron chi connectivity index (χ3n) is 4.20. The van der Waals surface area contributed by atoms with Crippen LogP contribution in [0.3, 0.4) is 0 Å². The van der Waals surface area contributed by atoms with Gasteiger partial charge in [0.25, 0.3) is 11.6 Å². The Kier molecular flexibility index (Phi) is 5.70. The molecule has 1 N–H and O–H groups in total. The van der Waals surface area contributed by atoms with Crippen LogP contribution in [0.15, 0.2) is 47.8 Å². The molecule has 3 rings (SSSR count). The molecule has 8 heteroatoms. The molecule has 28 heavy (non-hydrogen) atoms. The maximum atomic E-state index is 12.6. The van der Waals surface area contributed by atoms with Gasteiger partial charge in [0.2, 0.25) is 0 Å². The van der Waals surface area contributed by atoms with Crippen molar-refractivity contribution < 1.29 is 14.5 Å². The zero-order valence-corrected chi connectivity index (χ0v) is 16.4. The molecule has 7 nitrogen and oxygen atoms in total. The Balaban J connectivity index is 1.81. The van der Waals surface area contributed by atoms with Crippen LogP contribution in [-0.4, -0.2) is 22.9 Å². The first-order valence-corrected chi connectivity index (χ1v) is 9.46. The first-order valence-electron chi connectivity index (χ1n) is 8.58. The summed E-state index contributed by atoms with van der Waals surface area (Å²) in [6.45, 7) is 4.26. The third kappa shape index (κ3) is 4.17. The second kappa shape index (κ2) is 8.18. The predicted octanol–water partition coefficient (Wildman–Crippen LogP) is 5.10. The summed E-state index contributed by atoms with van der Waals surface area (Å²) in [4.78, 5) is 27.4. The summed E-state index contributed by atoms with van der Waals surface area (Å²) in [5.41, 5.74) is 2.48. The van der Waals surface area contributed by atoms with Crippen molar-refractivity contribution in [3.8, 4) is 16.3 Å². The largest absolute Gasteiger partial charge is 0.495 e. The van der Waals surface area contributed by atoms with Crippen LogP contribution in [0.5, 0.6) is 5.75 Å². The molecule has 1 heterocycles. The molecular weight excluding hydrogens is 378 g/mol. The molecule has 0 radical (unpaired) electrons. The average molecular weight is 397 g/mol. The number of aromatic nitrogens is 1. The Labute approximate surface area is 166 Å². The first kappa shape index (κ1) is 19.5. The van der Waals surface area contributed by atoms with Crippen molar-refractivity contribution in [1.82, 2.24) is 4.98 Å². The highest BCUT2D eigenvalue weighted by Gasteiger charge is 2.17. The molecule has 0 atom stereocenters. The molecule has 0 spiro atoms. The normalized spacial score (nSPS) is 10.7. The lowest BCUT2D eigenvalue weighted by atomic mass is 10.0. The minimum Gasteiger partial charge on any atom is -0.495 e. The maximum absolute atomic E-state index is 12.6. The van der Waals surface area contributed by atoms with Gasteiger partial charge in [-0.3, -0.25) is 14.9 Å². The second-order valence-electron chi connectivity index (χ2n) is 6.41. The summed E-state index contributed by atoms with van der Waals surface area (Å²) in [5, 5.41) is 16.0. The molecule has 0 saturated heterocycles. The van der Waals surface area contributed by atoms with E-state index in [0.717, 1.165) is 10.6 Å². The Hall–Kier alpha value is -3.26. The summed E-state index contributed by atoms with van der Waals surface area (Å²) in [6.07, 6.45) is 0. The number of amides is 1. The number of nitrogens with one attached hydrogen (secondary N) is 1. The number of nitro groups is 1. The lowest BCUT2D eigenvalue weighted by molar-refractivity contribution is -0.384. The molecular formula is C20H19N3O4S. The van der Waals surface area contributed by atoms with Gasteiger partial charge in [-0.05, 0) is 17.5 Å². The molecule has 1 amide bonds. The van der Waals surface area contributed by atoms with Crippen molar-refractivity contribution >= 4 is 28.6 Å². The number of non-ortho nitro benzene ring substituents is 1. The zero-order chi connectivity index (χ0) is 20.3. The Morgan fingerprint density at radius 1 is 1.21 bits per heavy atom. The summed E-state index contributed by atoms with van der Waals surface area (Å²) >= 11 is 1.36. The quantitative estimate of drug-likeness (QED) is 0.461. The van der Waals surface area contributed by atoms with E-state index in [2.05, 4.69) is 36.3 Å². The maximum Gasteiger partial charge on any atom is 0.275 e. The second-order valence-corrected chi connectivity index (χ2v) is 7.27. The molecule has 2 aromatic carbocycles. The lowest BCUT2D eigenvalue weighted by Gasteiger charge is -2.09. The van der Waals surface area contributed by atoms with E-state index in [9.17, 15) is 14.9 Å². The minimum atomic E-state index is -0.531. The summed E-state index contributed by atoms with van der Waals surface area (Å²) in [6, 6.07) is 12.1. The van der Waals surface area contributed by atoms with Crippen molar-refractivity contribution in [3.05, 3.63) is 69.2 Å². The van der Waals surface area contributed by atoms with Gasteiger partial charge in [0, 0.05) is 23.1 Å². The fourth-order valence-corrected chi connectivity index (χ4v) is 3.42. The fourth-order valence-electron chi connectivity index (χ4n) is 2.61. The Morgan fingerprint density at radius 2 is 1.93 bits per heavy atom. The lowest BCUT2D eigenvalue weighted by Crippen LogP contribution is -2.13. The van der Waals surface area contributed by atoms with E-state index in [0.29, 0.717) is 11.7 Å². The molecule has 1 aromatic heterocycles. The molecule has 0 bridgehead atoms. The van der Waals surface area contributed by atoms with Crippen LogP contribution >= 0.6 is 11.3 Å². The molecule has 3 aromatic rings. The first-order chi connectivity index (χ1) is 13.4. The number of thiazole rings is 1. The van der Waals surface area contributed by atoms with Gasteiger partial charge in [-0.1, -0.05) is 38.1 Å². The van der Waals surface area contributed by atoms with Crippen LogP contribution < -0.4 is 10.1 Å². The number of methoxy groups -OCH3 is 1. The van der Waals surface area contributed by atoms with Gasteiger partial charge in [0.05, 0.1) is 17.7 Å². The number of carbonyl (C=O) groups excluding carboxylic acids is 1. The highest BCUT2D eigenvalue weighted by atomic mass is 32.1.